The molecule has 0 aliphatic carbocycles. The van der Waals surface area contributed by atoms with Crippen LogP contribution < -0.4 is 0 Å². The second-order valence-corrected chi connectivity index (χ2v) is 4.88. The maximum atomic E-state index is 13.2. The van der Waals surface area contributed by atoms with Gasteiger partial charge in [0.15, 0.2) is 17.3 Å². The molecule has 0 unspecified atom stereocenters. The number of hydrogen-bond donors (Lipinski definition) is 0. The number of cyclic esters (lactones) is 1. The van der Waals surface area contributed by atoms with Crippen LogP contribution in [0, 0.1) is 18.6 Å². The molecule has 1 heterocycles. The summed E-state index contributed by atoms with van der Waals surface area (Å²) in [5.41, 5.74) is 2.07. The van der Waals surface area contributed by atoms with E-state index in [0.29, 0.717) is 11.1 Å². The Bertz CT molecular complexity index is 825. The van der Waals surface area contributed by atoms with E-state index in [1.807, 2.05) is 25.1 Å². The summed E-state index contributed by atoms with van der Waals surface area (Å²) in [4.78, 5) is 15.9. The van der Waals surface area contributed by atoms with Crippen molar-refractivity contribution in [3.05, 3.63) is 76.5 Å². The molecule has 0 atom stereocenters. The molecule has 110 valence electrons. The van der Waals surface area contributed by atoms with Gasteiger partial charge in [-0.15, -0.1) is 0 Å². The highest BCUT2D eigenvalue weighted by atomic mass is 19.2. The molecule has 0 saturated carbocycles. The van der Waals surface area contributed by atoms with Gasteiger partial charge in [-0.05, 0) is 42.8 Å². The summed E-state index contributed by atoms with van der Waals surface area (Å²) < 4.78 is 31.2. The molecule has 2 aromatic carbocycles. The number of aliphatic imine (C=N–C) groups is 1. The molecule has 5 heteroatoms. The van der Waals surface area contributed by atoms with Crippen LogP contribution in [0.2, 0.25) is 0 Å². The standard InChI is InChI=1S/C17H11F2NO2/c1-10-3-2-4-12(7-10)16-20-15(17(21)22-16)9-11-5-6-13(18)14(19)8-11/h2-9H,1H3/b15-9+. The van der Waals surface area contributed by atoms with Gasteiger partial charge in [-0.2, -0.15) is 0 Å². The van der Waals surface area contributed by atoms with Gasteiger partial charge >= 0.3 is 5.97 Å². The Labute approximate surface area is 125 Å². The highest BCUT2D eigenvalue weighted by molar-refractivity contribution is 6.12. The summed E-state index contributed by atoms with van der Waals surface area (Å²) in [5, 5.41) is 0. The van der Waals surface area contributed by atoms with E-state index in [1.165, 1.54) is 12.1 Å². The highest BCUT2D eigenvalue weighted by Crippen LogP contribution is 2.20. The van der Waals surface area contributed by atoms with Crippen molar-refractivity contribution in [3.63, 3.8) is 0 Å². The van der Waals surface area contributed by atoms with Gasteiger partial charge in [-0.1, -0.05) is 23.8 Å². The normalized spacial score (nSPS) is 15.9. The number of rotatable bonds is 2. The quantitative estimate of drug-likeness (QED) is 0.627. The lowest BCUT2D eigenvalue weighted by Gasteiger charge is -1.99. The average Bonchev–Trinajstić information content (AvgIpc) is 2.84. The SMILES string of the molecule is Cc1cccc(C2=N/C(=C/c3ccc(F)c(F)c3)C(=O)O2)c1. The number of esters is 1. The number of ether oxygens (including phenoxy) is 1. The number of hydrogen-bond acceptors (Lipinski definition) is 3. The van der Waals surface area contributed by atoms with Gasteiger partial charge in [0.1, 0.15) is 0 Å². The van der Waals surface area contributed by atoms with Crippen molar-refractivity contribution in [2.45, 2.75) is 6.92 Å². The van der Waals surface area contributed by atoms with E-state index in [-0.39, 0.29) is 11.6 Å². The van der Waals surface area contributed by atoms with Crippen molar-refractivity contribution in [1.29, 1.82) is 0 Å². The third kappa shape index (κ3) is 2.79. The van der Waals surface area contributed by atoms with Crippen LogP contribution in [0.1, 0.15) is 16.7 Å². The Morgan fingerprint density at radius 2 is 1.91 bits per heavy atom. The predicted octanol–water partition coefficient (Wildman–Crippen LogP) is 3.62. The largest absolute Gasteiger partial charge is 0.402 e. The third-order valence-corrected chi connectivity index (χ3v) is 3.13. The molecule has 0 spiro atoms. The second kappa shape index (κ2) is 5.52. The molecule has 0 fully saturated rings. The van der Waals surface area contributed by atoms with E-state index < -0.39 is 17.6 Å². The number of carbonyl (C=O) groups excluding carboxylic acids is 1. The second-order valence-electron chi connectivity index (χ2n) is 4.88. The molecule has 1 aliphatic rings. The molecule has 22 heavy (non-hydrogen) atoms. The zero-order valence-corrected chi connectivity index (χ0v) is 11.6. The van der Waals surface area contributed by atoms with Gasteiger partial charge in [0, 0.05) is 5.56 Å². The summed E-state index contributed by atoms with van der Waals surface area (Å²) in [6.45, 7) is 1.92. The van der Waals surface area contributed by atoms with Gasteiger partial charge < -0.3 is 4.74 Å². The van der Waals surface area contributed by atoms with Gasteiger partial charge in [-0.25, -0.2) is 18.6 Å². The zero-order chi connectivity index (χ0) is 15.7. The Morgan fingerprint density at radius 1 is 1.09 bits per heavy atom. The van der Waals surface area contributed by atoms with Crippen molar-refractivity contribution in [3.8, 4) is 0 Å². The molecule has 3 rings (SSSR count). The lowest BCUT2D eigenvalue weighted by atomic mass is 10.1. The smallest absolute Gasteiger partial charge is 0.363 e. The summed E-state index contributed by atoms with van der Waals surface area (Å²) in [7, 11) is 0. The maximum absolute atomic E-state index is 13.2. The molecule has 2 aromatic rings. The zero-order valence-electron chi connectivity index (χ0n) is 11.6. The Morgan fingerprint density at radius 3 is 2.64 bits per heavy atom. The van der Waals surface area contributed by atoms with E-state index in [0.717, 1.165) is 17.7 Å². The topological polar surface area (TPSA) is 38.7 Å². The minimum absolute atomic E-state index is 0.0440. The fraction of sp³-hybridized carbons (Fsp3) is 0.0588. The maximum Gasteiger partial charge on any atom is 0.363 e. The third-order valence-electron chi connectivity index (χ3n) is 3.13. The molecule has 0 amide bonds. The van der Waals surface area contributed by atoms with Crippen LogP contribution in [0.3, 0.4) is 0 Å². The van der Waals surface area contributed by atoms with Crippen LogP contribution in [0.15, 0.2) is 53.2 Å². The Balaban J connectivity index is 1.95. The monoisotopic (exact) mass is 299 g/mol. The van der Waals surface area contributed by atoms with Crippen LogP contribution in [0.5, 0.6) is 0 Å². The molecule has 0 saturated heterocycles. The van der Waals surface area contributed by atoms with Gasteiger partial charge in [0.2, 0.25) is 5.90 Å². The molecule has 0 aromatic heterocycles. The minimum Gasteiger partial charge on any atom is -0.402 e. The molecule has 3 nitrogen and oxygen atoms in total. The lowest BCUT2D eigenvalue weighted by Crippen LogP contribution is -2.05. The fourth-order valence-corrected chi connectivity index (χ4v) is 2.07. The van der Waals surface area contributed by atoms with Crippen LogP contribution in [-0.4, -0.2) is 11.9 Å². The number of benzene rings is 2. The molecular formula is C17H11F2NO2. The number of aryl methyl sites for hydroxylation is 1. The van der Waals surface area contributed by atoms with Crippen molar-refractivity contribution in [1.82, 2.24) is 0 Å². The van der Waals surface area contributed by atoms with Crippen molar-refractivity contribution in [2.75, 3.05) is 0 Å². The fourth-order valence-electron chi connectivity index (χ4n) is 2.07. The van der Waals surface area contributed by atoms with Crippen LogP contribution in [0.4, 0.5) is 8.78 Å². The first-order valence-electron chi connectivity index (χ1n) is 6.57. The van der Waals surface area contributed by atoms with E-state index in [1.54, 1.807) is 6.07 Å². The predicted molar refractivity (Wildman–Crippen MR) is 78.1 cm³/mol. The first-order valence-corrected chi connectivity index (χ1v) is 6.57. The average molecular weight is 299 g/mol. The lowest BCUT2D eigenvalue weighted by molar-refractivity contribution is -0.129. The van der Waals surface area contributed by atoms with Gasteiger partial charge in [-0.3, -0.25) is 0 Å². The number of halogens is 2. The van der Waals surface area contributed by atoms with Crippen LogP contribution >= 0.6 is 0 Å². The van der Waals surface area contributed by atoms with E-state index in [2.05, 4.69) is 4.99 Å². The van der Waals surface area contributed by atoms with E-state index in [9.17, 15) is 13.6 Å². The van der Waals surface area contributed by atoms with Crippen LogP contribution in [0.25, 0.3) is 6.08 Å². The summed E-state index contributed by atoms with van der Waals surface area (Å²) in [6, 6.07) is 10.7. The Hall–Kier alpha value is -2.82. The number of nitrogens with zero attached hydrogens (tertiary/aromatic N) is 1. The van der Waals surface area contributed by atoms with Crippen molar-refractivity contribution >= 4 is 17.9 Å². The summed E-state index contributed by atoms with van der Waals surface area (Å²) >= 11 is 0. The highest BCUT2D eigenvalue weighted by Gasteiger charge is 2.24. The first-order chi connectivity index (χ1) is 10.5. The van der Waals surface area contributed by atoms with Gasteiger partial charge in [0.05, 0.1) is 0 Å². The summed E-state index contributed by atoms with van der Waals surface area (Å²) in [5.74, 6) is -2.35. The van der Waals surface area contributed by atoms with E-state index in [4.69, 9.17) is 4.74 Å². The summed E-state index contributed by atoms with van der Waals surface area (Å²) in [6.07, 6.45) is 1.35. The molecule has 0 radical (unpaired) electrons. The Kier molecular flexibility index (Phi) is 3.55. The van der Waals surface area contributed by atoms with Crippen LogP contribution in [-0.2, 0) is 9.53 Å². The molecule has 1 aliphatic heterocycles. The molecule has 0 bridgehead atoms. The van der Waals surface area contributed by atoms with Crippen molar-refractivity contribution in [2.24, 2.45) is 4.99 Å². The minimum atomic E-state index is -0.983. The van der Waals surface area contributed by atoms with Crippen molar-refractivity contribution < 1.29 is 18.3 Å². The molecule has 0 N–H and O–H groups in total. The molecular weight excluding hydrogens is 288 g/mol. The number of carbonyl (C=O) groups is 1. The van der Waals surface area contributed by atoms with Gasteiger partial charge in [0.25, 0.3) is 0 Å². The first kappa shape index (κ1) is 14.1. The van der Waals surface area contributed by atoms with E-state index >= 15 is 0 Å².